The fraction of sp³-hybridized carbons (Fsp3) is 0.500. The number of aryl methyl sites for hydroxylation is 1. The Bertz CT molecular complexity index is 597. The van der Waals surface area contributed by atoms with Crippen LogP contribution in [0.25, 0.3) is 11.4 Å². The fourth-order valence-corrected chi connectivity index (χ4v) is 2.51. The first-order valence-corrected chi connectivity index (χ1v) is 7.10. The zero-order chi connectivity index (χ0) is 15.6. The van der Waals surface area contributed by atoms with Gasteiger partial charge in [-0.1, -0.05) is 25.1 Å². The predicted octanol–water partition coefficient (Wildman–Crippen LogP) is 3.17. The lowest BCUT2D eigenvalue weighted by molar-refractivity contribution is 0.120. The Balaban J connectivity index is 2.40. The largest absolute Gasteiger partial charge is 0.496 e. The molecule has 0 radical (unpaired) electrons. The number of benzene rings is 1. The van der Waals surface area contributed by atoms with Crippen LogP contribution in [0.2, 0.25) is 0 Å². The van der Waals surface area contributed by atoms with E-state index in [9.17, 15) is 5.11 Å². The van der Waals surface area contributed by atoms with Crippen molar-refractivity contribution in [2.75, 3.05) is 7.11 Å². The molecule has 1 aromatic carbocycles. The number of ether oxygens (including phenoxy) is 1. The van der Waals surface area contributed by atoms with Crippen molar-refractivity contribution in [2.45, 2.75) is 39.7 Å². The van der Waals surface area contributed by atoms with Crippen LogP contribution in [0.15, 0.2) is 22.7 Å². The van der Waals surface area contributed by atoms with Crippen molar-refractivity contribution in [1.82, 2.24) is 10.1 Å². The van der Waals surface area contributed by atoms with Crippen molar-refractivity contribution in [3.8, 4) is 17.1 Å². The van der Waals surface area contributed by atoms with E-state index in [1.807, 2.05) is 39.0 Å². The first kappa shape index (κ1) is 15.5. The zero-order valence-electron chi connectivity index (χ0n) is 13.1. The van der Waals surface area contributed by atoms with Crippen molar-refractivity contribution in [3.63, 3.8) is 0 Å². The van der Waals surface area contributed by atoms with Crippen LogP contribution in [0.4, 0.5) is 0 Å². The van der Waals surface area contributed by atoms with Gasteiger partial charge in [0.25, 0.3) is 0 Å². The van der Waals surface area contributed by atoms with Gasteiger partial charge in [0.15, 0.2) is 0 Å². The standard InChI is InChI=1S/C16H22N2O3/c1-9(2)14(11(4)19)16-17-15(18-21-16)12-7-6-10(3)8-13(12)20-5/h6-9,11,14,19H,1-5H3. The number of aliphatic hydroxyl groups excluding tert-OH is 1. The van der Waals surface area contributed by atoms with E-state index in [2.05, 4.69) is 10.1 Å². The summed E-state index contributed by atoms with van der Waals surface area (Å²) in [5.74, 6) is 1.67. The third-order valence-corrected chi connectivity index (χ3v) is 3.56. The number of hydrogen-bond acceptors (Lipinski definition) is 5. The van der Waals surface area contributed by atoms with Gasteiger partial charge in [-0.3, -0.25) is 0 Å². The summed E-state index contributed by atoms with van der Waals surface area (Å²) in [7, 11) is 1.62. The predicted molar refractivity (Wildman–Crippen MR) is 80.3 cm³/mol. The van der Waals surface area contributed by atoms with Gasteiger partial charge in [0.1, 0.15) is 5.75 Å². The van der Waals surface area contributed by atoms with Gasteiger partial charge in [0.2, 0.25) is 11.7 Å². The van der Waals surface area contributed by atoms with E-state index in [-0.39, 0.29) is 11.8 Å². The summed E-state index contributed by atoms with van der Waals surface area (Å²) in [5, 5.41) is 13.9. The third-order valence-electron chi connectivity index (χ3n) is 3.56. The van der Waals surface area contributed by atoms with Crippen LogP contribution in [-0.2, 0) is 0 Å². The highest BCUT2D eigenvalue weighted by molar-refractivity contribution is 5.64. The molecule has 2 rings (SSSR count). The Morgan fingerprint density at radius 1 is 1.24 bits per heavy atom. The molecular formula is C16H22N2O3. The van der Waals surface area contributed by atoms with Crippen LogP contribution in [0.1, 0.15) is 38.1 Å². The average Bonchev–Trinajstić information content (AvgIpc) is 2.86. The molecule has 1 N–H and O–H groups in total. The molecule has 0 saturated carbocycles. The van der Waals surface area contributed by atoms with Crippen LogP contribution in [0.3, 0.4) is 0 Å². The second kappa shape index (κ2) is 6.26. The Morgan fingerprint density at radius 3 is 2.52 bits per heavy atom. The lowest BCUT2D eigenvalue weighted by Gasteiger charge is -2.19. The van der Waals surface area contributed by atoms with Crippen LogP contribution in [-0.4, -0.2) is 28.5 Å². The van der Waals surface area contributed by atoms with Crippen molar-refractivity contribution in [2.24, 2.45) is 5.92 Å². The summed E-state index contributed by atoms with van der Waals surface area (Å²) >= 11 is 0. The van der Waals surface area contributed by atoms with E-state index >= 15 is 0 Å². The molecule has 0 aliphatic carbocycles. The summed E-state index contributed by atoms with van der Waals surface area (Å²) in [6.07, 6.45) is -0.543. The van der Waals surface area contributed by atoms with E-state index in [0.29, 0.717) is 17.5 Å². The highest BCUT2D eigenvalue weighted by Crippen LogP contribution is 2.32. The van der Waals surface area contributed by atoms with Gasteiger partial charge in [0, 0.05) is 0 Å². The normalized spacial score (nSPS) is 14.2. The van der Waals surface area contributed by atoms with Gasteiger partial charge >= 0.3 is 0 Å². The molecule has 21 heavy (non-hydrogen) atoms. The summed E-state index contributed by atoms with van der Waals surface area (Å²) in [6.45, 7) is 7.78. The highest BCUT2D eigenvalue weighted by atomic mass is 16.5. The topological polar surface area (TPSA) is 68.4 Å². The minimum Gasteiger partial charge on any atom is -0.496 e. The van der Waals surface area contributed by atoms with Gasteiger partial charge in [-0.15, -0.1) is 0 Å². The molecule has 0 amide bonds. The van der Waals surface area contributed by atoms with Crippen LogP contribution < -0.4 is 4.74 Å². The maximum atomic E-state index is 9.90. The number of aliphatic hydroxyl groups is 1. The second-order valence-electron chi connectivity index (χ2n) is 5.67. The SMILES string of the molecule is COc1cc(C)ccc1-c1noc(C(C(C)C)C(C)O)n1. The highest BCUT2D eigenvalue weighted by Gasteiger charge is 2.27. The summed E-state index contributed by atoms with van der Waals surface area (Å²) in [4.78, 5) is 4.44. The van der Waals surface area contributed by atoms with E-state index < -0.39 is 6.10 Å². The van der Waals surface area contributed by atoms with Crippen LogP contribution >= 0.6 is 0 Å². The first-order valence-electron chi connectivity index (χ1n) is 7.10. The molecule has 2 aromatic rings. The molecule has 0 saturated heterocycles. The number of nitrogens with zero attached hydrogens (tertiary/aromatic N) is 2. The van der Waals surface area contributed by atoms with Gasteiger partial charge < -0.3 is 14.4 Å². The second-order valence-corrected chi connectivity index (χ2v) is 5.67. The first-order chi connectivity index (χ1) is 9.93. The zero-order valence-corrected chi connectivity index (χ0v) is 13.1. The molecule has 0 spiro atoms. The molecule has 0 fully saturated rings. The van der Waals surface area contributed by atoms with Crippen LogP contribution in [0, 0.1) is 12.8 Å². The molecule has 114 valence electrons. The van der Waals surface area contributed by atoms with E-state index in [1.165, 1.54) is 0 Å². The molecule has 2 unspecified atom stereocenters. The van der Waals surface area contributed by atoms with Crippen molar-refractivity contribution >= 4 is 0 Å². The Hall–Kier alpha value is -1.88. The van der Waals surface area contributed by atoms with Crippen molar-refractivity contribution in [3.05, 3.63) is 29.7 Å². The third kappa shape index (κ3) is 3.24. The minimum absolute atomic E-state index is 0.178. The maximum absolute atomic E-state index is 9.90. The number of hydrogen-bond donors (Lipinski definition) is 1. The molecule has 0 aliphatic rings. The number of aromatic nitrogens is 2. The Morgan fingerprint density at radius 2 is 1.95 bits per heavy atom. The lowest BCUT2D eigenvalue weighted by Crippen LogP contribution is -2.20. The fourth-order valence-electron chi connectivity index (χ4n) is 2.51. The summed E-state index contributed by atoms with van der Waals surface area (Å²) in [5.41, 5.74) is 1.88. The average molecular weight is 290 g/mol. The summed E-state index contributed by atoms with van der Waals surface area (Å²) < 4.78 is 10.7. The number of rotatable bonds is 5. The molecule has 1 heterocycles. The molecular weight excluding hydrogens is 268 g/mol. The molecule has 5 heteroatoms. The minimum atomic E-state index is -0.543. The maximum Gasteiger partial charge on any atom is 0.232 e. The van der Waals surface area contributed by atoms with Crippen molar-refractivity contribution < 1.29 is 14.4 Å². The Kier molecular flexibility index (Phi) is 4.63. The van der Waals surface area contributed by atoms with Gasteiger partial charge in [-0.25, -0.2) is 0 Å². The summed E-state index contributed by atoms with van der Waals surface area (Å²) in [6, 6.07) is 5.82. The van der Waals surface area contributed by atoms with Crippen LogP contribution in [0.5, 0.6) is 5.75 Å². The Labute approximate surface area is 125 Å². The van der Waals surface area contributed by atoms with E-state index in [1.54, 1.807) is 14.0 Å². The smallest absolute Gasteiger partial charge is 0.232 e. The molecule has 5 nitrogen and oxygen atoms in total. The molecule has 0 bridgehead atoms. The molecule has 2 atom stereocenters. The molecule has 1 aromatic heterocycles. The quantitative estimate of drug-likeness (QED) is 0.916. The molecule has 0 aliphatic heterocycles. The van der Waals surface area contributed by atoms with Gasteiger partial charge in [-0.05, 0) is 37.5 Å². The van der Waals surface area contributed by atoms with Crippen molar-refractivity contribution in [1.29, 1.82) is 0 Å². The van der Waals surface area contributed by atoms with E-state index in [4.69, 9.17) is 9.26 Å². The van der Waals surface area contributed by atoms with E-state index in [0.717, 1.165) is 11.1 Å². The van der Waals surface area contributed by atoms with Gasteiger partial charge in [-0.2, -0.15) is 4.98 Å². The van der Waals surface area contributed by atoms with Gasteiger partial charge in [0.05, 0.1) is 24.7 Å². The lowest BCUT2D eigenvalue weighted by atomic mass is 9.91. The monoisotopic (exact) mass is 290 g/mol. The number of methoxy groups -OCH3 is 1.